The van der Waals surface area contributed by atoms with Gasteiger partial charge in [-0.1, -0.05) is 11.6 Å². The third-order valence-corrected chi connectivity index (χ3v) is 4.56. The first-order valence-corrected chi connectivity index (χ1v) is 9.74. The van der Waals surface area contributed by atoms with E-state index in [1.807, 2.05) is 19.1 Å². The van der Waals surface area contributed by atoms with Crippen LogP contribution >= 0.6 is 11.6 Å². The topological polar surface area (TPSA) is 88.3 Å². The maximum Gasteiger partial charge on any atom is 0.191 e. The second-order valence-corrected chi connectivity index (χ2v) is 7.16. The van der Waals surface area contributed by atoms with E-state index in [1.54, 1.807) is 19.1 Å². The van der Waals surface area contributed by atoms with Gasteiger partial charge in [0.2, 0.25) is 0 Å². The number of ether oxygens (including phenoxy) is 2. The Balaban J connectivity index is 1.69. The highest BCUT2D eigenvalue weighted by Crippen LogP contribution is 2.38. The molecule has 3 N–H and O–H groups in total. The first-order valence-electron chi connectivity index (χ1n) is 9.36. The van der Waals surface area contributed by atoms with Crippen molar-refractivity contribution in [1.29, 1.82) is 0 Å². The summed E-state index contributed by atoms with van der Waals surface area (Å²) in [5.74, 6) is 2.31. The van der Waals surface area contributed by atoms with E-state index in [0.717, 1.165) is 12.0 Å². The van der Waals surface area contributed by atoms with E-state index in [2.05, 4.69) is 15.6 Å². The normalized spacial score (nSPS) is 16.2. The summed E-state index contributed by atoms with van der Waals surface area (Å²) in [6, 6.07) is 7.22. The van der Waals surface area contributed by atoms with E-state index in [-0.39, 0.29) is 6.54 Å². The SMILES string of the molecule is CCNC(=NCc1cc(Cl)c2c(c1)OCCCO2)NCC(C)(O)c1ccco1. The van der Waals surface area contributed by atoms with Crippen LogP contribution in [0.2, 0.25) is 5.02 Å². The van der Waals surface area contributed by atoms with E-state index in [0.29, 0.717) is 54.5 Å². The number of benzene rings is 1. The molecule has 1 unspecified atom stereocenters. The molecule has 0 bridgehead atoms. The highest BCUT2D eigenvalue weighted by Gasteiger charge is 2.26. The van der Waals surface area contributed by atoms with Crippen molar-refractivity contribution >= 4 is 17.6 Å². The number of fused-ring (bicyclic) bond motifs is 1. The average molecular weight is 408 g/mol. The Bertz CT molecular complexity index is 806. The quantitative estimate of drug-likeness (QED) is 0.504. The summed E-state index contributed by atoms with van der Waals surface area (Å²) in [6.45, 7) is 6.19. The maximum atomic E-state index is 10.6. The second-order valence-electron chi connectivity index (χ2n) is 6.76. The standard InChI is InChI=1S/C20H26ClN3O4/c1-3-22-19(24-13-20(2,25)17-6-4-7-27-17)23-12-14-10-15(21)18-16(11-14)26-8-5-9-28-18/h4,6-7,10-11,25H,3,5,8-9,12-13H2,1-2H3,(H2,22,23,24). The molecule has 1 aliphatic rings. The summed E-state index contributed by atoms with van der Waals surface area (Å²) in [4.78, 5) is 4.58. The molecule has 0 saturated carbocycles. The molecule has 0 saturated heterocycles. The molecule has 0 spiro atoms. The van der Waals surface area contributed by atoms with Crippen LogP contribution in [0.1, 0.15) is 31.6 Å². The van der Waals surface area contributed by atoms with Crippen LogP contribution in [0.3, 0.4) is 0 Å². The lowest BCUT2D eigenvalue weighted by Gasteiger charge is -2.22. The minimum absolute atomic E-state index is 0.244. The lowest BCUT2D eigenvalue weighted by molar-refractivity contribution is 0.0386. The lowest BCUT2D eigenvalue weighted by atomic mass is 10.0. The molecular weight excluding hydrogens is 382 g/mol. The summed E-state index contributed by atoms with van der Waals surface area (Å²) in [7, 11) is 0. The summed E-state index contributed by atoms with van der Waals surface area (Å²) in [5, 5.41) is 17.4. The molecule has 8 heteroatoms. The van der Waals surface area contributed by atoms with Gasteiger partial charge in [-0.05, 0) is 43.7 Å². The third-order valence-electron chi connectivity index (χ3n) is 4.28. The van der Waals surface area contributed by atoms with Crippen LogP contribution in [-0.4, -0.2) is 37.4 Å². The molecule has 1 atom stereocenters. The van der Waals surface area contributed by atoms with Gasteiger partial charge >= 0.3 is 0 Å². The van der Waals surface area contributed by atoms with Crippen molar-refractivity contribution in [3.8, 4) is 11.5 Å². The maximum absolute atomic E-state index is 10.6. The number of furan rings is 1. The van der Waals surface area contributed by atoms with Gasteiger partial charge in [-0.3, -0.25) is 0 Å². The largest absolute Gasteiger partial charge is 0.489 e. The van der Waals surface area contributed by atoms with Gasteiger partial charge in [0.25, 0.3) is 0 Å². The molecule has 0 fully saturated rings. The molecule has 28 heavy (non-hydrogen) atoms. The fourth-order valence-electron chi connectivity index (χ4n) is 2.82. The van der Waals surface area contributed by atoms with Crippen molar-refractivity contribution in [2.75, 3.05) is 26.3 Å². The summed E-state index contributed by atoms with van der Waals surface area (Å²) in [5.41, 5.74) is -0.248. The molecular formula is C20H26ClN3O4. The first kappa shape index (κ1) is 20.4. The molecule has 0 aliphatic carbocycles. The van der Waals surface area contributed by atoms with Crippen LogP contribution in [-0.2, 0) is 12.1 Å². The highest BCUT2D eigenvalue weighted by atomic mass is 35.5. The second kappa shape index (κ2) is 9.21. The Labute approximate surface area is 169 Å². The molecule has 2 heterocycles. The lowest BCUT2D eigenvalue weighted by Crippen LogP contribution is -2.44. The molecule has 152 valence electrons. The summed E-state index contributed by atoms with van der Waals surface area (Å²) >= 11 is 6.35. The van der Waals surface area contributed by atoms with Crippen LogP contribution < -0.4 is 20.1 Å². The molecule has 3 rings (SSSR count). The Morgan fingerprint density at radius 2 is 2.11 bits per heavy atom. The van der Waals surface area contributed by atoms with E-state index in [9.17, 15) is 5.11 Å². The number of guanidine groups is 1. The van der Waals surface area contributed by atoms with E-state index >= 15 is 0 Å². The molecule has 1 aromatic carbocycles. The number of hydrogen-bond acceptors (Lipinski definition) is 5. The zero-order valence-electron chi connectivity index (χ0n) is 16.1. The van der Waals surface area contributed by atoms with Crippen molar-refractivity contribution < 1.29 is 19.0 Å². The van der Waals surface area contributed by atoms with Gasteiger partial charge in [0.1, 0.15) is 11.4 Å². The third kappa shape index (κ3) is 5.11. The monoisotopic (exact) mass is 407 g/mol. The predicted molar refractivity (Wildman–Crippen MR) is 108 cm³/mol. The van der Waals surface area contributed by atoms with Crippen LogP contribution in [0.15, 0.2) is 39.9 Å². The fourth-order valence-corrected chi connectivity index (χ4v) is 3.10. The van der Waals surface area contributed by atoms with Crippen LogP contribution in [0.4, 0.5) is 0 Å². The van der Waals surface area contributed by atoms with Gasteiger partial charge in [-0.25, -0.2) is 4.99 Å². The van der Waals surface area contributed by atoms with Crippen molar-refractivity contribution in [2.24, 2.45) is 4.99 Å². The number of aliphatic imine (C=N–C) groups is 1. The molecule has 1 aromatic heterocycles. The van der Waals surface area contributed by atoms with Gasteiger partial charge in [-0.2, -0.15) is 0 Å². The summed E-state index contributed by atoms with van der Waals surface area (Å²) in [6.07, 6.45) is 2.36. The zero-order chi connectivity index (χ0) is 20.0. The Kier molecular flexibility index (Phi) is 6.70. The van der Waals surface area contributed by atoms with Crippen LogP contribution in [0.25, 0.3) is 0 Å². The molecule has 0 radical (unpaired) electrons. The molecule has 7 nitrogen and oxygen atoms in total. The number of aliphatic hydroxyl groups is 1. The highest BCUT2D eigenvalue weighted by molar-refractivity contribution is 6.32. The number of rotatable bonds is 6. The molecule has 0 amide bonds. The Morgan fingerprint density at radius 1 is 1.29 bits per heavy atom. The Morgan fingerprint density at radius 3 is 2.86 bits per heavy atom. The minimum Gasteiger partial charge on any atom is -0.489 e. The average Bonchev–Trinajstić information content (AvgIpc) is 3.11. The summed E-state index contributed by atoms with van der Waals surface area (Å²) < 4.78 is 16.7. The molecule has 1 aliphatic heterocycles. The van der Waals surface area contributed by atoms with E-state index in [1.165, 1.54) is 6.26 Å². The predicted octanol–water partition coefficient (Wildman–Crippen LogP) is 3.06. The van der Waals surface area contributed by atoms with Gasteiger partial charge in [-0.15, -0.1) is 0 Å². The number of nitrogens with one attached hydrogen (secondary N) is 2. The van der Waals surface area contributed by atoms with Gasteiger partial charge < -0.3 is 29.6 Å². The van der Waals surface area contributed by atoms with Crippen molar-refractivity contribution in [1.82, 2.24) is 10.6 Å². The van der Waals surface area contributed by atoms with Gasteiger partial charge in [0, 0.05) is 13.0 Å². The van der Waals surface area contributed by atoms with Gasteiger partial charge in [0.05, 0.1) is 37.6 Å². The van der Waals surface area contributed by atoms with Crippen LogP contribution in [0, 0.1) is 0 Å². The minimum atomic E-state index is -1.15. The molecule has 2 aromatic rings. The number of nitrogens with zero attached hydrogens (tertiary/aromatic N) is 1. The van der Waals surface area contributed by atoms with Crippen molar-refractivity contribution in [2.45, 2.75) is 32.4 Å². The number of hydrogen-bond donors (Lipinski definition) is 3. The van der Waals surface area contributed by atoms with Gasteiger partial charge in [0.15, 0.2) is 17.5 Å². The zero-order valence-corrected chi connectivity index (χ0v) is 16.9. The van der Waals surface area contributed by atoms with Crippen molar-refractivity contribution in [3.05, 3.63) is 46.9 Å². The van der Waals surface area contributed by atoms with E-state index < -0.39 is 5.60 Å². The van der Waals surface area contributed by atoms with E-state index in [4.69, 9.17) is 25.5 Å². The first-order chi connectivity index (χ1) is 13.5. The number of halogens is 1. The Hall–Kier alpha value is -2.38. The van der Waals surface area contributed by atoms with Crippen LogP contribution in [0.5, 0.6) is 11.5 Å². The fraction of sp³-hybridized carbons (Fsp3) is 0.450. The smallest absolute Gasteiger partial charge is 0.191 e. The van der Waals surface area contributed by atoms with Crippen molar-refractivity contribution in [3.63, 3.8) is 0 Å².